The summed E-state index contributed by atoms with van der Waals surface area (Å²) in [6.07, 6.45) is 2.39. The molecule has 2 N–H and O–H groups in total. The number of aliphatic hydroxyl groups is 1. The van der Waals surface area contributed by atoms with Crippen LogP contribution in [-0.4, -0.2) is 23.3 Å². The normalized spacial score (nSPS) is 12.4. The molecule has 1 atom stereocenters. The van der Waals surface area contributed by atoms with E-state index in [0.29, 0.717) is 17.5 Å². The van der Waals surface area contributed by atoms with Crippen molar-refractivity contribution >= 4 is 12.0 Å². The highest BCUT2D eigenvalue weighted by Crippen LogP contribution is 2.29. The van der Waals surface area contributed by atoms with Crippen molar-refractivity contribution in [1.29, 1.82) is 0 Å². The molecule has 1 unspecified atom stereocenters. The van der Waals surface area contributed by atoms with Crippen LogP contribution >= 0.6 is 0 Å². The van der Waals surface area contributed by atoms with Crippen LogP contribution in [0.1, 0.15) is 30.6 Å². The summed E-state index contributed by atoms with van der Waals surface area (Å²) in [7, 11) is 1.30. The predicted octanol–water partition coefficient (Wildman–Crippen LogP) is 2.58. The van der Waals surface area contributed by atoms with E-state index >= 15 is 0 Å². The van der Waals surface area contributed by atoms with Crippen LogP contribution < -0.4 is 0 Å². The highest BCUT2D eigenvalue weighted by molar-refractivity contribution is 5.87. The number of hydrogen-bond acceptors (Lipinski definition) is 4. The van der Waals surface area contributed by atoms with Crippen molar-refractivity contribution in [2.45, 2.75) is 19.4 Å². The number of aliphatic hydroxyl groups excluding tert-OH is 1. The summed E-state index contributed by atoms with van der Waals surface area (Å²) in [4.78, 5) is 11.0. The molecule has 0 aliphatic rings. The van der Waals surface area contributed by atoms with Gasteiger partial charge in [-0.2, -0.15) is 0 Å². The SMILES string of the molecule is C=C(C)CC(O)c1cc(C=CC(=O)OC)ccc1O. The van der Waals surface area contributed by atoms with E-state index in [-0.39, 0.29) is 5.75 Å². The molecule has 0 aliphatic carbocycles. The summed E-state index contributed by atoms with van der Waals surface area (Å²) >= 11 is 0. The molecule has 19 heavy (non-hydrogen) atoms. The zero-order valence-corrected chi connectivity index (χ0v) is 11.1. The minimum atomic E-state index is -0.816. The van der Waals surface area contributed by atoms with Crippen LogP contribution in [0.2, 0.25) is 0 Å². The molecule has 0 fully saturated rings. The lowest BCUT2D eigenvalue weighted by Crippen LogP contribution is -1.99. The molecule has 1 aromatic carbocycles. The molecule has 0 saturated carbocycles. The smallest absolute Gasteiger partial charge is 0.330 e. The van der Waals surface area contributed by atoms with Crippen molar-refractivity contribution in [1.82, 2.24) is 0 Å². The van der Waals surface area contributed by atoms with Crippen LogP contribution in [0.25, 0.3) is 6.08 Å². The third-order valence-corrected chi connectivity index (χ3v) is 2.57. The highest BCUT2D eigenvalue weighted by atomic mass is 16.5. The summed E-state index contributed by atoms with van der Waals surface area (Å²) in [5, 5.41) is 19.7. The maximum atomic E-state index is 11.0. The van der Waals surface area contributed by atoms with Gasteiger partial charge < -0.3 is 14.9 Å². The van der Waals surface area contributed by atoms with E-state index in [0.717, 1.165) is 5.57 Å². The second-order valence-corrected chi connectivity index (χ2v) is 4.35. The Morgan fingerprint density at radius 1 is 1.53 bits per heavy atom. The quantitative estimate of drug-likeness (QED) is 0.486. The van der Waals surface area contributed by atoms with Gasteiger partial charge in [0, 0.05) is 11.6 Å². The molecular weight excluding hydrogens is 244 g/mol. The Bertz CT molecular complexity index is 503. The van der Waals surface area contributed by atoms with Gasteiger partial charge in [-0.25, -0.2) is 4.79 Å². The number of carbonyl (C=O) groups excluding carboxylic acids is 1. The van der Waals surface area contributed by atoms with Gasteiger partial charge >= 0.3 is 5.97 Å². The Kier molecular flexibility index (Phi) is 5.33. The van der Waals surface area contributed by atoms with E-state index in [1.165, 1.54) is 19.3 Å². The Morgan fingerprint density at radius 2 is 2.21 bits per heavy atom. The fraction of sp³-hybridized carbons (Fsp3) is 0.267. The van der Waals surface area contributed by atoms with E-state index in [9.17, 15) is 15.0 Å². The van der Waals surface area contributed by atoms with Gasteiger partial charge in [-0.05, 0) is 37.1 Å². The Balaban J connectivity index is 2.97. The van der Waals surface area contributed by atoms with Gasteiger partial charge in [0.15, 0.2) is 0 Å². The lowest BCUT2D eigenvalue weighted by atomic mass is 10.00. The largest absolute Gasteiger partial charge is 0.508 e. The van der Waals surface area contributed by atoms with Gasteiger partial charge in [0.1, 0.15) is 5.75 Å². The van der Waals surface area contributed by atoms with Gasteiger partial charge in [0.05, 0.1) is 13.2 Å². The molecule has 4 heteroatoms. The first-order valence-corrected chi connectivity index (χ1v) is 5.85. The third kappa shape index (κ3) is 4.60. The summed E-state index contributed by atoms with van der Waals surface area (Å²) < 4.78 is 4.49. The fourth-order valence-electron chi connectivity index (χ4n) is 1.62. The molecular formula is C15H18O4. The number of rotatable bonds is 5. The minimum absolute atomic E-state index is 0.0176. The van der Waals surface area contributed by atoms with Crippen molar-refractivity contribution in [3.63, 3.8) is 0 Å². The number of ether oxygens (including phenoxy) is 1. The second-order valence-electron chi connectivity index (χ2n) is 4.35. The standard InChI is InChI=1S/C15H18O4/c1-10(2)8-14(17)12-9-11(4-6-13(12)16)5-7-15(18)19-3/h4-7,9,14,16-17H,1,8H2,2-3H3. The van der Waals surface area contributed by atoms with Gasteiger partial charge in [-0.15, -0.1) is 6.58 Å². The third-order valence-electron chi connectivity index (χ3n) is 2.57. The van der Waals surface area contributed by atoms with Crippen LogP contribution in [0.3, 0.4) is 0 Å². The Labute approximate surface area is 112 Å². The predicted molar refractivity (Wildman–Crippen MR) is 73.5 cm³/mol. The van der Waals surface area contributed by atoms with Crippen molar-refractivity contribution in [2.24, 2.45) is 0 Å². The molecule has 0 bridgehead atoms. The first-order valence-electron chi connectivity index (χ1n) is 5.85. The van der Waals surface area contributed by atoms with Crippen LogP contribution in [0.4, 0.5) is 0 Å². The summed E-state index contributed by atoms with van der Waals surface area (Å²) in [6, 6.07) is 4.75. The average Bonchev–Trinajstić information content (AvgIpc) is 2.36. The molecule has 0 aliphatic heterocycles. The number of phenolic OH excluding ortho intramolecular Hbond substituents is 1. The molecule has 0 heterocycles. The zero-order valence-electron chi connectivity index (χ0n) is 11.1. The minimum Gasteiger partial charge on any atom is -0.508 e. The van der Waals surface area contributed by atoms with Gasteiger partial charge in [-0.1, -0.05) is 11.6 Å². The lowest BCUT2D eigenvalue weighted by molar-refractivity contribution is -0.134. The monoisotopic (exact) mass is 262 g/mol. The van der Waals surface area contributed by atoms with Crippen molar-refractivity contribution < 1.29 is 19.7 Å². The van der Waals surface area contributed by atoms with Gasteiger partial charge in [0.2, 0.25) is 0 Å². The Morgan fingerprint density at radius 3 is 2.79 bits per heavy atom. The van der Waals surface area contributed by atoms with Crippen LogP contribution in [0.15, 0.2) is 36.4 Å². The van der Waals surface area contributed by atoms with Gasteiger partial charge in [0.25, 0.3) is 0 Å². The second kappa shape index (κ2) is 6.75. The molecule has 0 spiro atoms. The number of methoxy groups -OCH3 is 1. The van der Waals surface area contributed by atoms with Crippen molar-refractivity contribution in [3.05, 3.63) is 47.6 Å². The molecule has 0 radical (unpaired) electrons. The highest BCUT2D eigenvalue weighted by Gasteiger charge is 2.12. The van der Waals surface area contributed by atoms with E-state index in [4.69, 9.17) is 0 Å². The van der Waals surface area contributed by atoms with Crippen molar-refractivity contribution in [2.75, 3.05) is 7.11 Å². The van der Waals surface area contributed by atoms with Crippen LogP contribution in [0, 0.1) is 0 Å². The number of benzene rings is 1. The van der Waals surface area contributed by atoms with E-state index in [1.54, 1.807) is 25.1 Å². The fourth-order valence-corrected chi connectivity index (χ4v) is 1.62. The Hall–Kier alpha value is -2.07. The average molecular weight is 262 g/mol. The van der Waals surface area contributed by atoms with Gasteiger partial charge in [-0.3, -0.25) is 0 Å². The van der Waals surface area contributed by atoms with Crippen LogP contribution in [-0.2, 0) is 9.53 Å². The van der Waals surface area contributed by atoms with Crippen LogP contribution in [0.5, 0.6) is 5.75 Å². The molecule has 0 saturated heterocycles. The summed E-state index contributed by atoms with van der Waals surface area (Å²) in [5.74, 6) is -0.443. The maximum absolute atomic E-state index is 11.0. The molecule has 0 amide bonds. The number of aromatic hydroxyl groups is 1. The molecule has 102 valence electrons. The molecule has 1 aromatic rings. The number of phenols is 1. The van der Waals surface area contributed by atoms with E-state index in [1.807, 2.05) is 0 Å². The van der Waals surface area contributed by atoms with E-state index in [2.05, 4.69) is 11.3 Å². The first kappa shape index (κ1) is 15.0. The first-order chi connectivity index (χ1) is 8.93. The topological polar surface area (TPSA) is 66.8 Å². The van der Waals surface area contributed by atoms with E-state index < -0.39 is 12.1 Å². The number of hydrogen-bond donors (Lipinski definition) is 2. The number of esters is 1. The van der Waals surface area contributed by atoms with Crippen molar-refractivity contribution in [3.8, 4) is 5.75 Å². The maximum Gasteiger partial charge on any atom is 0.330 e. The molecule has 0 aromatic heterocycles. The zero-order chi connectivity index (χ0) is 14.4. The summed E-state index contributed by atoms with van der Waals surface area (Å²) in [6.45, 7) is 5.53. The molecule has 1 rings (SSSR count). The lowest BCUT2D eigenvalue weighted by Gasteiger charge is -2.13. The summed E-state index contributed by atoms with van der Waals surface area (Å²) in [5.41, 5.74) is 1.93. The molecule has 4 nitrogen and oxygen atoms in total. The number of carbonyl (C=O) groups is 1.